The van der Waals surface area contributed by atoms with Crippen molar-refractivity contribution in [3.63, 3.8) is 0 Å². The van der Waals surface area contributed by atoms with Gasteiger partial charge in [-0.25, -0.2) is 8.42 Å². The zero-order valence-electron chi connectivity index (χ0n) is 13.1. The fraction of sp³-hybridized carbons (Fsp3) is 0.312. The lowest BCUT2D eigenvalue weighted by Gasteiger charge is -2.21. The molecule has 2 aromatic rings. The van der Waals surface area contributed by atoms with Crippen LogP contribution in [0.2, 0.25) is 0 Å². The van der Waals surface area contributed by atoms with E-state index in [0.717, 1.165) is 5.56 Å². The normalized spacial score (nSPS) is 11.8. The van der Waals surface area contributed by atoms with E-state index in [0.29, 0.717) is 5.56 Å². The summed E-state index contributed by atoms with van der Waals surface area (Å²) < 4.78 is 36.9. The van der Waals surface area contributed by atoms with E-state index >= 15 is 0 Å². The lowest BCUT2D eigenvalue weighted by Crippen LogP contribution is -2.33. The van der Waals surface area contributed by atoms with Crippen molar-refractivity contribution in [1.82, 2.24) is 4.31 Å². The summed E-state index contributed by atoms with van der Waals surface area (Å²) in [6, 6.07) is 7.64. The molecular weight excluding hydrogens is 318 g/mol. The molecule has 0 spiro atoms. The van der Waals surface area contributed by atoms with Crippen LogP contribution in [0.5, 0.6) is 0 Å². The summed E-state index contributed by atoms with van der Waals surface area (Å²) >= 11 is 0. The summed E-state index contributed by atoms with van der Waals surface area (Å²) in [6.07, 6.45) is 3.01. The van der Waals surface area contributed by atoms with Gasteiger partial charge in [0.25, 0.3) is 0 Å². The summed E-state index contributed by atoms with van der Waals surface area (Å²) in [7, 11) is -2.17. The molecule has 0 fully saturated rings. The monoisotopic (exact) mass is 337 g/mol. The van der Waals surface area contributed by atoms with Crippen molar-refractivity contribution < 1.29 is 22.4 Å². The van der Waals surface area contributed by atoms with E-state index in [1.54, 1.807) is 6.07 Å². The molecule has 0 aliphatic carbocycles. The molecule has 0 amide bonds. The maximum Gasteiger partial charge on any atom is 0.243 e. The highest BCUT2D eigenvalue weighted by molar-refractivity contribution is 7.89. The van der Waals surface area contributed by atoms with Crippen LogP contribution in [0.15, 0.2) is 52.2 Å². The van der Waals surface area contributed by atoms with Gasteiger partial charge in [-0.05, 0) is 25.1 Å². The number of carbonyl (C=O) groups is 1. The van der Waals surface area contributed by atoms with Crippen LogP contribution in [0.3, 0.4) is 0 Å². The second-order valence-corrected chi connectivity index (χ2v) is 6.98. The number of carbonyl (C=O) groups excluding carboxylic acids is 1. The molecule has 0 bridgehead atoms. The van der Waals surface area contributed by atoms with E-state index in [1.807, 2.05) is 0 Å². The van der Waals surface area contributed by atoms with Crippen molar-refractivity contribution in [3.8, 4) is 0 Å². The van der Waals surface area contributed by atoms with Crippen LogP contribution in [-0.4, -0.2) is 38.8 Å². The predicted molar refractivity (Wildman–Crippen MR) is 84.6 cm³/mol. The van der Waals surface area contributed by atoms with E-state index in [1.165, 1.54) is 55.1 Å². The van der Waals surface area contributed by atoms with Crippen LogP contribution in [-0.2, 0) is 21.3 Å². The van der Waals surface area contributed by atoms with Gasteiger partial charge in [0.1, 0.15) is 0 Å². The van der Waals surface area contributed by atoms with E-state index in [2.05, 4.69) is 0 Å². The number of benzene rings is 1. The number of sulfonamides is 1. The van der Waals surface area contributed by atoms with Gasteiger partial charge in [0, 0.05) is 31.3 Å². The highest BCUT2D eigenvalue weighted by Crippen LogP contribution is 2.19. The van der Waals surface area contributed by atoms with Gasteiger partial charge in [-0.1, -0.05) is 12.1 Å². The lowest BCUT2D eigenvalue weighted by atomic mass is 10.2. The Bertz CT molecular complexity index is 735. The summed E-state index contributed by atoms with van der Waals surface area (Å²) in [5, 5.41) is 0. The number of methoxy groups -OCH3 is 1. The van der Waals surface area contributed by atoms with Crippen LogP contribution in [0.25, 0.3) is 0 Å². The number of furan rings is 1. The average Bonchev–Trinajstić information content (AvgIpc) is 3.04. The summed E-state index contributed by atoms with van der Waals surface area (Å²) in [5.41, 5.74) is 1.23. The van der Waals surface area contributed by atoms with Gasteiger partial charge in [-0.15, -0.1) is 0 Å². The van der Waals surface area contributed by atoms with Gasteiger partial charge in [-0.3, -0.25) is 4.79 Å². The van der Waals surface area contributed by atoms with Crippen molar-refractivity contribution >= 4 is 15.8 Å². The lowest BCUT2D eigenvalue weighted by molar-refractivity contribution is 0.101. The largest absolute Gasteiger partial charge is 0.472 e. The maximum atomic E-state index is 12.8. The topological polar surface area (TPSA) is 76.8 Å². The first-order valence-corrected chi connectivity index (χ1v) is 8.50. The number of rotatable bonds is 8. The molecule has 0 saturated heterocycles. The first-order valence-electron chi connectivity index (χ1n) is 7.06. The molecule has 0 unspecified atom stereocenters. The van der Waals surface area contributed by atoms with E-state index in [9.17, 15) is 13.2 Å². The number of nitrogens with zero attached hydrogens (tertiary/aromatic N) is 1. The van der Waals surface area contributed by atoms with Gasteiger partial charge in [-0.2, -0.15) is 4.31 Å². The molecule has 0 aliphatic heterocycles. The molecular formula is C16H19NO5S. The molecule has 0 saturated carbocycles. The number of Topliss-reactive ketones (excluding diaryl/α,β-unsaturated/α-hetero) is 1. The van der Waals surface area contributed by atoms with Gasteiger partial charge >= 0.3 is 0 Å². The number of hydrogen-bond acceptors (Lipinski definition) is 5. The number of ketones is 1. The third-order valence-corrected chi connectivity index (χ3v) is 5.24. The van der Waals surface area contributed by atoms with Crippen molar-refractivity contribution in [2.45, 2.75) is 18.4 Å². The van der Waals surface area contributed by atoms with Crippen LogP contribution in [0.4, 0.5) is 0 Å². The Morgan fingerprint density at radius 2 is 1.91 bits per heavy atom. The fourth-order valence-corrected chi connectivity index (χ4v) is 3.49. The maximum absolute atomic E-state index is 12.8. The molecule has 1 aromatic heterocycles. The second kappa shape index (κ2) is 7.54. The summed E-state index contributed by atoms with van der Waals surface area (Å²) in [5.74, 6) is -0.108. The molecule has 124 valence electrons. The fourth-order valence-electron chi connectivity index (χ4n) is 2.07. The minimum Gasteiger partial charge on any atom is -0.472 e. The Labute approximate surface area is 135 Å². The minimum atomic E-state index is -3.69. The van der Waals surface area contributed by atoms with Crippen LogP contribution in [0, 0.1) is 0 Å². The van der Waals surface area contributed by atoms with Crippen molar-refractivity contribution in [3.05, 3.63) is 54.0 Å². The molecule has 6 nitrogen and oxygen atoms in total. The molecule has 2 rings (SSSR count). The summed E-state index contributed by atoms with van der Waals surface area (Å²) in [6.45, 7) is 2.13. The Kier molecular flexibility index (Phi) is 5.70. The number of ether oxygens (including phenoxy) is 1. The van der Waals surface area contributed by atoms with E-state index in [-0.39, 0.29) is 30.4 Å². The van der Waals surface area contributed by atoms with Crippen LogP contribution >= 0.6 is 0 Å². The Morgan fingerprint density at radius 3 is 2.43 bits per heavy atom. The number of hydrogen-bond donors (Lipinski definition) is 0. The Morgan fingerprint density at radius 1 is 1.22 bits per heavy atom. The quantitative estimate of drug-likeness (QED) is 0.691. The first-order chi connectivity index (χ1) is 10.9. The Balaban J connectivity index is 2.28. The first kappa shape index (κ1) is 17.4. The van der Waals surface area contributed by atoms with Gasteiger partial charge in [0.2, 0.25) is 10.0 Å². The highest BCUT2D eigenvalue weighted by atomic mass is 32.2. The van der Waals surface area contributed by atoms with E-state index in [4.69, 9.17) is 9.15 Å². The molecule has 23 heavy (non-hydrogen) atoms. The minimum absolute atomic E-state index is 0.108. The molecule has 0 N–H and O–H groups in total. The van der Waals surface area contributed by atoms with Crippen molar-refractivity contribution in [2.24, 2.45) is 0 Å². The smallest absolute Gasteiger partial charge is 0.243 e. The van der Waals surface area contributed by atoms with Crippen LogP contribution < -0.4 is 0 Å². The zero-order valence-corrected chi connectivity index (χ0v) is 13.9. The second-order valence-electron chi connectivity index (χ2n) is 5.04. The molecule has 0 atom stereocenters. The van der Waals surface area contributed by atoms with Gasteiger partial charge in [0.05, 0.1) is 24.0 Å². The van der Waals surface area contributed by atoms with Crippen molar-refractivity contribution in [1.29, 1.82) is 0 Å². The van der Waals surface area contributed by atoms with Gasteiger partial charge in [0.15, 0.2) is 5.78 Å². The van der Waals surface area contributed by atoms with Crippen molar-refractivity contribution in [2.75, 3.05) is 20.3 Å². The molecule has 1 aromatic carbocycles. The highest BCUT2D eigenvalue weighted by Gasteiger charge is 2.24. The average molecular weight is 337 g/mol. The summed E-state index contributed by atoms with van der Waals surface area (Å²) in [4.78, 5) is 11.4. The third-order valence-electron chi connectivity index (χ3n) is 3.38. The Hall–Kier alpha value is -1.96. The molecule has 0 radical (unpaired) electrons. The van der Waals surface area contributed by atoms with Crippen LogP contribution in [0.1, 0.15) is 22.8 Å². The third kappa shape index (κ3) is 4.28. The SMILES string of the molecule is COCCN(Cc1ccoc1)S(=O)(=O)c1ccc(C(C)=O)cc1. The van der Waals surface area contributed by atoms with Gasteiger partial charge < -0.3 is 9.15 Å². The zero-order chi connectivity index (χ0) is 16.9. The molecule has 0 aliphatic rings. The standard InChI is InChI=1S/C16H19NO5S/c1-13(18)15-3-5-16(6-4-15)23(19,20)17(8-10-21-2)11-14-7-9-22-12-14/h3-7,9,12H,8,10-11H2,1-2H3. The predicted octanol–water partition coefficient (Wildman–Crippen LogP) is 2.32. The van der Waals surface area contributed by atoms with E-state index < -0.39 is 10.0 Å². The molecule has 7 heteroatoms. The molecule has 1 heterocycles.